The molecule has 4 heterocycles. The Kier molecular flexibility index (Phi) is 6.34. The Bertz CT molecular complexity index is 784. The molecule has 4 rings (SSSR count). The molecule has 0 saturated carbocycles. The molecule has 2 saturated heterocycles. The van der Waals surface area contributed by atoms with Crippen molar-refractivity contribution in [2.24, 2.45) is 0 Å². The van der Waals surface area contributed by atoms with Crippen LogP contribution in [0.25, 0.3) is 0 Å². The average molecular weight is 400 g/mol. The average Bonchev–Trinajstić information content (AvgIpc) is 3.31. The van der Waals surface area contributed by atoms with Crippen molar-refractivity contribution in [3.8, 4) is 0 Å². The summed E-state index contributed by atoms with van der Waals surface area (Å²) in [7, 11) is 0. The van der Waals surface area contributed by atoms with Gasteiger partial charge < -0.3 is 4.90 Å². The van der Waals surface area contributed by atoms with Crippen molar-refractivity contribution in [2.75, 3.05) is 39.3 Å². The SMILES string of the molecule is Cc1cnc(C(=O)N2CCCN(Cc3cc(CN4CCCC4)cs3)CC2)cn1. The van der Waals surface area contributed by atoms with Gasteiger partial charge in [-0.05, 0) is 56.3 Å². The Morgan fingerprint density at radius 1 is 0.964 bits per heavy atom. The summed E-state index contributed by atoms with van der Waals surface area (Å²) in [6, 6.07) is 2.37. The van der Waals surface area contributed by atoms with E-state index in [1.54, 1.807) is 12.4 Å². The molecule has 1 amide bonds. The zero-order valence-electron chi connectivity index (χ0n) is 16.6. The lowest BCUT2D eigenvalue weighted by Crippen LogP contribution is -2.35. The molecule has 6 nitrogen and oxygen atoms in total. The third kappa shape index (κ3) is 4.96. The molecule has 0 unspecified atom stereocenters. The van der Waals surface area contributed by atoms with Crippen molar-refractivity contribution >= 4 is 17.2 Å². The minimum absolute atomic E-state index is 0.00151. The molecule has 0 N–H and O–H groups in total. The molecule has 2 aromatic heterocycles. The summed E-state index contributed by atoms with van der Waals surface area (Å²) in [5.41, 5.74) is 2.73. The number of carbonyl (C=O) groups excluding carboxylic acids is 1. The van der Waals surface area contributed by atoms with Crippen molar-refractivity contribution in [1.29, 1.82) is 0 Å². The van der Waals surface area contributed by atoms with Crippen molar-refractivity contribution in [3.05, 3.63) is 45.7 Å². The number of hydrogen-bond donors (Lipinski definition) is 0. The van der Waals surface area contributed by atoms with E-state index < -0.39 is 0 Å². The predicted octanol–water partition coefficient (Wildman–Crippen LogP) is 2.79. The first kappa shape index (κ1) is 19.5. The van der Waals surface area contributed by atoms with Gasteiger partial charge in [-0.1, -0.05) is 0 Å². The summed E-state index contributed by atoms with van der Waals surface area (Å²) in [6.45, 7) is 9.92. The lowest BCUT2D eigenvalue weighted by molar-refractivity contribution is 0.0754. The molecule has 2 aliphatic rings. The number of aryl methyl sites for hydroxylation is 1. The van der Waals surface area contributed by atoms with Gasteiger partial charge in [-0.25, -0.2) is 4.98 Å². The predicted molar refractivity (Wildman–Crippen MR) is 111 cm³/mol. The normalized spacial score (nSPS) is 19.1. The van der Waals surface area contributed by atoms with Crippen LogP contribution in [0, 0.1) is 6.92 Å². The fraction of sp³-hybridized carbons (Fsp3) is 0.571. The molecular weight excluding hydrogens is 370 g/mol. The van der Waals surface area contributed by atoms with Crippen molar-refractivity contribution < 1.29 is 4.79 Å². The lowest BCUT2D eigenvalue weighted by Gasteiger charge is -2.21. The van der Waals surface area contributed by atoms with Crippen molar-refractivity contribution in [1.82, 2.24) is 24.7 Å². The maximum Gasteiger partial charge on any atom is 0.274 e. The fourth-order valence-electron chi connectivity index (χ4n) is 4.01. The first-order chi connectivity index (χ1) is 13.7. The number of amides is 1. The first-order valence-corrected chi connectivity index (χ1v) is 11.1. The minimum Gasteiger partial charge on any atom is -0.336 e. The fourth-order valence-corrected chi connectivity index (χ4v) is 4.93. The number of nitrogens with zero attached hydrogens (tertiary/aromatic N) is 5. The molecule has 0 spiro atoms. The molecular formula is C21H29N5OS. The number of hydrogen-bond acceptors (Lipinski definition) is 6. The van der Waals surface area contributed by atoms with Crippen LogP contribution >= 0.6 is 11.3 Å². The van der Waals surface area contributed by atoms with Gasteiger partial charge >= 0.3 is 0 Å². The second-order valence-electron chi connectivity index (χ2n) is 7.87. The molecule has 2 aromatic rings. The Labute approximate surface area is 171 Å². The van der Waals surface area contributed by atoms with Gasteiger partial charge in [0.15, 0.2) is 0 Å². The standard InChI is InChI=1S/C21H29N5OS/c1-17-12-23-20(13-22-17)21(27)26-8-4-7-25(9-10-26)15-19-11-18(16-28-19)14-24-5-2-3-6-24/h11-13,16H,2-10,14-15H2,1H3. The third-order valence-electron chi connectivity index (χ3n) is 5.57. The molecule has 2 fully saturated rings. The Balaban J connectivity index is 1.29. The summed E-state index contributed by atoms with van der Waals surface area (Å²) in [6.07, 6.45) is 6.93. The van der Waals surface area contributed by atoms with Crippen LogP contribution in [0.3, 0.4) is 0 Å². The maximum absolute atomic E-state index is 12.7. The van der Waals surface area contributed by atoms with Crippen LogP contribution in [0.15, 0.2) is 23.8 Å². The smallest absolute Gasteiger partial charge is 0.274 e. The molecule has 0 atom stereocenters. The van der Waals surface area contributed by atoms with Crippen molar-refractivity contribution in [2.45, 2.75) is 39.3 Å². The summed E-state index contributed by atoms with van der Waals surface area (Å²) < 4.78 is 0. The first-order valence-electron chi connectivity index (χ1n) is 10.3. The third-order valence-corrected chi connectivity index (χ3v) is 6.54. The molecule has 2 aliphatic heterocycles. The monoisotopic (exact) mass is 399 g/mol. The van der Waals surface area contributed by atoms with Gasteiger partial charge in [-0.2, -0.15) is 0 Å². The summed E-state index contributed by atoms with van der Waals surface area (Å²) in [5.74, 6) is -0.00151. The highest BCUT2D eigenvalue weighted by atomic mass is 32.1. The van der Waals surface area contributed by atoms with Gasteiger partial charge in [0.2, 0.25) is 0 Å². The number of rotatable bonds is 5. The number of likely N-dealkylation sites (tertiary alicyclic amines) is 1. The van der Waals surface area contributed by atoms with Crippen LogP contribution in [-0.2, 0) is 13.1 Å². The van der Waals surface area contributed by atoms with Gasteiger partial charge in [0.25, 0.3) is 5.91 Å². The van der Waals surface area contributed by atoms with Gasteiger partial charge in [0.1, 0.15) is 5.69 Å². The molecule has 0 bridgehead atoms. The van der Waals surface area contributed by atoms with Crippen LogP contribution in [0.2, 0.25) is 0 Å². The van der Waals surface area contributed by atoms with E-state index in [2.05, 4.69) is 31.2 Å². The van der Waals surface area contributed by atoms with Crippen LogP contribution in [0.1, 0.15) is 45.9 Å². The Hall–Kier alpha value is -1.83. The van der Waals surface area contributed by atoms with Gasteiger partial charge in [-0.3, -0.25) is 19.6 Å². The Morgan fingerprint density at radius 2 is 1.75 bits per heavy atom. The van der Waals surface area contributed by atoms with E-state index in [0.717, 1.165) is 51.4 Å². The zero-order chi connectivity index (χ0) is 19.3. The quantitative estimate of drug-likeness (QED) is 0.774. The number of thiophene rings is 1. The van der Waals surface area contributed by atoms with E-state index in [1.165, 1.54) is 36.4 Å². The van der Waals surface area contributed by atoms with E-state index in [1.807, 2.05) is 23.2 Å². The molecule has 0 aliphatic carbocycles. The van der Waals surface area contributed by atoms with Crippen molar-refractivity contribution in [3.63, 3.8) is 0 Å². The molecule has 7 heteroatoms. The van der Waals surface area contributed by atoms with Gasteiger partial charge in [0.05, 0.1) is 11.9 Å². The van der Waals surface area contributed by atoms with E-state index in [4.69, 9.17) is 0 Å². The maximum atomic E-state index is 12.7. The van der Waals surface area contributed by atoms with Crippen LogP contribution in [-0.4, -0.2) is 69.8 Å². The molecule has 150 valence electrons. The van der Waals surface area contributed by atoms with Gasteiger partial charge in [0, 0.05) is 50.3 Å². The molecule has 0 aromatic carbocycles. The number of carbonyl (C=O) groups is 1. The second-order valence-corrected chi connectivity index (χ2v) is 8.87. The lowest BCUT2D eigenvalue weighted by atomic mass is 10.2. The van der Waals surface area contributed by atoms with E-state index in [9.17, 15) is 4.79 Å². The van der Waals surface area contributed by atoms with Gasteiger partial charge in [-0.15, -0.1) is 11.3 Å². The van der Waals surface area contributed by atoms with E-state index >= 15 is 0 Å². The molecule has 28 heavy (non-hydrogen) atoms. The highest BCUT2D eigenvalue weighted by molar-refractivity contribution is 7.10. The van der Waals surface area contributed by atoms with E-state index in [-0.39, 0.29) is 5.91 Å². The van der Waals surface area contributed by atoms with Crippen LogP contribution < -0.4 is 0 Å². The van der Waals surface area contributed by atoms with Crippen LogP contribution in [0.4, 0.5) is 0 Å². The Morgan fingerprint density at radius 3 is 2.54 bits per heavy atom. The summed E-state index contributed by atoms with van der Waals surface area (Å²) in [5, 5.41) is 2.32. The second kappa shape index (κ2) is 9.11. The highest BCUT2D eigenvalue weighted by Crippen LogP contribution is 2.21. The summed E-state index contributed by atoms with van der Waals surface area (Å²) in [4.78, 5) is 29.5. The highest BCUT2D eigenvalue weighted by Gasteiger charge is 2.22. The topological polar surface area (TPSA) is 52.6 Å². The minimum atomic E-state index is -0.00151. The largest absolute Gasteiger partial charge is 0.336 e. The number of aromatic nitrogens is 2. The van der Waals surface area contributed by atoms with Crippen LogP contribution in [0.5, 0.6) is 0 Å². The molecule has 0 radical (unpaired) electrons. The zero-order valence-corrected chi connectivity index (χ0v) is 17.5. The summed E-state index contributed by atoms with van der Waals surface area (Å²) >= 11 is 1.87. The van der Waals surface area contributed by atoms with E-state index in [0.29, 0.717) is 5.69 Å².